The summed E-state index contributed by atoms with van der Waals surface area (Å²) in [6.45, 7) is 1.79. The zero-order valence-electron chi connectivity index (χ0n) is 9.43. The standard InChI is InChI=1S/C12H9F3N2O/c1-2-7-5-10(18)17-12(16-7)6-3-8(13)11(15)9(14)4-6/h3-5H,2H2,1H3,(H,16,17,18). The van der Waals surface area contributed by atoms with Crippen LogP contribution in [0.25, 0.3) is 11.4 Å². The molecule has 0 aliphatic rings. The largest absolute Gasteiger partial charge is 0.307 e. The Hall–Kier alpha value is -2.11. The summed E-state index contributed by atoms with van der Waals surface area (Å²) in [7, 11) is 0. The van der Waals surface area contributed by atoms with E-state index in [4.69, 9.17) is 0 Å². The second-order valence-electron chi connectivity index (χ2n) is 3.69. The first kappa shape index (κ1) is 12.3. The van der Waals surface area contributed by atoms with Gasteiger partial charge in [0.15, 0.2) is 17.5 Å². The van der Waals surface area contributed by atoms with Gasteiger partial charge in [0.25, 0.3) is 5.56 Å². The summed E-state index contributed by atoms with van der Waals surface area (Å²) >= 11 is 0. The SMILES string of the molecule is CCc1cc(=O)[nH]c(-c2cc(F)c(F)c(F)c2)n1. The maximum Gasteiger partial charge on any atom is 0.251 e. The van der Waals surface area contributed by atoms with Crippen molar-refractivity contribution < 1.29 is 13.2 Å². The van der Waals surface area contributed by atoms with Gasteiger partial charge in [-0.25, -0.2) is 18.2 Å². The molecule has 2 rings (SSSR count). The molecule has 0 radical (unpaired) electrons. The molecule has 0 amide bonds. The van der Waals surface area contributed by atoms with Crippen LogP contribution in [-0.4, -0.2) is 9.97 Å². The highest BCUT2D eigenvalue weighted by Gasteiger charge is 2.13. The number of aromatic amines is 1. The number of hydrogen-bond acceptors (Lipinski definition) is 2. The predicted molar refractivity (Wildman–Crippen MR) is 59.5 cm³/mol. The van der Waals surface area contributed by atoms with Crippen molar-refractivity contribution in [3.63, 3.8) is 0 Å². The van der Waals surface area contributed by atoms with E-state index in [9.17, 15) is 18.0 Å². The molecule has 0 atom stereocenters. The molecule has 0 aliphatic carbocycles. The topological polar surface area (TPSA) is 45.8 Å². The van der Waals surface area contributed by atoms with Crippen molar-refractivity contribution in [2.45, 2.75) is 13.3 Å². The Morgan fingerprint density at radius 1 is 1.17 bits per heavy atom. The quantitative estimate of drug-likeness (QED) is 0.836. The number of aromatic nitrogens is 2. The van der Waals surface area contributed by atoms with Gasteiger partial charge in [0.1, 0.15) is 5.82 Å². The lowest BCUT2D eigenvalue weighted by atomic mass is 10.2. The third-order valence-corrected chi connectivity index (χ3v) is 2.41. The van der Waals surface area contributed by atoms with Gasteiger partial charge in [0.2, 0.25) is 0 Å². The minimum atomic E-state index is -1.55. The van der Waals surface area contributed by atoms with Crippen molar-refractivity contribution >= 4 is 0 Å². The summed E-state index contributed by atoms with van der Waals surface area (Å²) in [5, 5.41) is 0. The molecule has 94 valence electrons. The van der Waals surface area contributed by atoms with E-state index in [2.05, 4.69) is 9.97 Å². The summed E-state index contributed by atoms with van der Waals surface area (Å²) in [5.41, 5.74) is 0.0414. The van der Waals surface area contributed by atoms with Gasteiger partial charge in [-0.2, -0.15) is 0 Å². The van der Waals surface area contributed by atoms with Gasteiger partial charge in [0, 0.05) is 17.3 Å². The lowest BCUT2D eigenvalue weighted by Gasteiger charge is -2.04. The number of benzene rings is 1. The van der Waals surface area contributed by atoms with Gasteiger partial charge in [-0.05, 0) is 18.6 Å². The fourth-order valence-corrected chi connectivity index (χ4v) is 1.52. The number of aryl methyl sites for hydroxylation is 1. The third kappa shape index (κ3) is 2.27. The molecule has 0 saturated carbocycles. The third-order valence-electron chi connectivity index (χ3n) is 2.41. The molecule has 0 saturated heterocycles. The highest BCUT2D eigenvalue weighted by atomic mass is 19.2. The molecule has 0 spiro atoms. The van der Waals surface area contributed by atoms with Gasteiger partial charge < -0.3 is 4.98 Å². The average molecular weight is 254 g/mol. The Morgan fingerprint density at radius 2 is 1.78 bits per heavy atom. The number of hydrogen-bond donors (Lipinski definition) is 1. The van der Waals surface area contributed by atoms with Crippen LogP contribution in [0, 0.1) is 17.5 Å². The van der Waals surface area contributed by atoms with E-state index in [0.717, 1.165) is 12.1 Å². The smallest absolute Gasteiger partial charge is 0.251 e. The highest BCUT2D eigenvalue weighted by molar-refractivity contribution is 5.55. The zero-order valence-corrected chi connectivity index (χ0v) is 9.43. The Bertz CT molecular complexity index is 629. The van der Waals surface area contributed by atoms with Crippen LogP contribution in [0.2, 0.25) is 0 Å². The predicted octanol–water partition coefficient (Wildman–Crippen LogP) is 2.42. The van der Waals surface area contributed by atoms with E-state index >= 15 is 0 Å². The van der Waals surface area contributed by atoms with Gasteiger partial charge >= 0.3 is 0 Å². The molecule has 18 heavy (non-hydrogen) atoms. The molecule has 0 bridgehead atoms. The van der Waals surface area contributed by atoms with Crippen molar-refractivity contribution in [2.24, 2.45) is 0 Å². The van der Waals surface area contributed by atoms with Crippen LogP contribution < -0.4 is 5.56 Å². The first-order valence-electron chi connectivity index (χ1n) is 5.26. The van der Waals surface area contributed by atoms with Gasteiger partial charge in [-0.15, -0.1) is 0 Å². The first-order valence-corrected chi connectivity index (χ1v) is 5.26. The van der Waals surface area contributed by atoms with Crippen LogP contribution in [0.1, 0.15) is 12.6 Å². The Morgan fingerprint density at radius 3 is 2.33 bits per heavy atom. The van der Waals surface area contributed by atoms with Gasteiger partial charge in [-0.1, -0.05) is 6.92 Å². The average Bonchev–Trinajstić information content (AvgIpc) is 2.34. The normalized spacial score (nSPS) is 10.7. The fourth-order valence-electron chi connectivity index (χ4n) is 1.52. The van der Waals surface area contributed by atoms with Gasteiger partial charge in [-0.3, -0.25) is 4.79 Å². The second kappa shape index (κ2) is 4.64. The molecule has 0 aliphatic heterocycles. The minimum absolute atomic E-state index is 0.0113. The van der Waals surface area contributed by atoms with E-state index in [1.54, 1.807) is 6.92 Å². The number of halogens is 3. The van der Waals surface area contributed by atoms with E-state index in [1.165, 1.54) is 6.07 Å². The Labute approximate surface area is 100 Å². The summed E-state index contributed by atoms with van der Waals surface area (Å²) in [6, 6.07) is 2.87. The Kier molecular flexibility index (Phi) is 3.18. The molecule has 1 aromatic carbocycles. The molecule has 2 aromatic rings. The van der Waals surface area contributed by atoms with E-state index in [1.807, 2.05) is 0 Å². The first-order chi connectivity index (χ1) is 8.51. The van der Waals surface area contributed by atoms with Gasteiger partial charge in [0.05, 0.1) is 0 Å². The number of nitrogens with one attached hydrogen (secondary N) is 1. The molecule has 1 heterocycles. The molecule has 1 N–H and O–H groups in total. The monoisotopic (exact) mass is 254 g/mol. The van der Waals surface area contributed by atoms with Crippen molar-refractivity contribution in [1.82, 2.24) is 9.97 Å². The maximum atomic E-state index is 13.1. The van der Waals surface area contributed by atoms with Crippen molar-refractivity contribution in [3.05, 3.63) is 51.7 Å². The van der Waals surface area contributed by atoms with Crippen molar-refractivity contribution in [2.75, 3.05) is 0 Å². The fraction of sp³-hybridized carbons (Fsp3) is 0.167. The summed E-state index contributed by atoms with van der Waals surface area (Å²) in [6.07, 6.45) is 0.503. The van der Waals surface area contributed by atoms with E-state index < -0.39 is 23.0 Å². The molecule has 0 fully saturated rings. The molecular weight excluding hydrogens is 245 g/mol. The van der Waals surface area contributed by atoms with Crippen LogP contribution in [0.4, 0.5) is 13.2 Å². The zero-order chi connectivity index (χ0) is 13.3. The second-order valence-corrected chi connectivity index (χ2v) is 3.69. The van der Waals surface area contributed by atoms with Crippen molar-refractivity contribution in [1.29, 1.82) is 0 Å². The highest BCUT2D eigenvalue weighted by Crippen LogP contribution is 2.20. The van der Waals surface area contributed by atoms with Crippen LogP contribution in [-0.2, 0) is 6.42 Å². The molecular formula is C12H9F3N2O. The maximum absolute atomic E-state index is 13.1. The molecule has 3 nitrogen and oxygen atoms in total. The lowest BCUT2D eigenvalue weighted by molar-refractivity contribution is 0.447. The van der Waals surface area contributed by atoms with Crippen LogP contribution >= 0.6 is 0 Å². The lowest BCUT2D eigenvalue weighted by Crippen LogP contribution is -2.10. The number of H-pyrrole nitrogens is 1. The minimum Gasteiger partial charge on any atom is -0.307 e. The summed E-state index contributed by atoms with van der Waals surface area (Å²) < 4.78 is 39.0. The summed E-state index contributed by atoms with van der Waals surface area (Å²) in [4.78, 5) is 17.7. The van der Waals surface area contributed by atoms with E-state index in [-0.39, 0.29) is 11.4 Å². The summed E-state index contributed by atoms with van der Waals surface area (Å²) in [5.74, 6) is -4.19. The molecule has 6 heteroatoms. The van der Waals surface area contributed by atoms with Crippen LogP contribution in [0.3, 0.4) is 0 Å². The van der Waals surface area contributed by atoms with Crippen LogP contribution in [0.15, 0.2) is 23.0 Å². The van der Waals surface area contributed by atoms with Crippen molar-refractivity contribution in [3.8, 4) is 11.4 Å². The van der Waals surface area contributed by atoms with E-state index in [0.29, 0.717) is 12.1 Å². The molecule has 1 aromatic heterocycles. The number of nitrogens with zero attached hydrogens (tertiary/aromatic N) is 1. The van der Waals surface area contributed by atoms with Crippen LogP contribution in [0.5, 0.6) is 0 Å². The molecule has 0 unspecified atom stereocenters. The number of rotatable bonds is 2. The Balaban J connectivity index is 2.62.